The molecule has 0 radical (unpaired) electrons. The Labute approximate surface area is 144 Å². The molecule has 0 saturated carbocycles. The van der Waals surface area contributed by atoms with Gasteiger partial charge in [-0.15, -0.1) is 0 Å². The lowest BCUT2D eigenvalue weighted by molar-refractivity contribution is 0.0784. The largest absolute Gasteiger partial charge is 0.395 e. The number of aliphatic hydroxyl groups is 2. The lowest BCUT2D eigenvalue weighted by atomic mass is 9.93. The summed E-state index contributed by atoms with van der Waals surface area (Å²) >= 11 is 0. The molecule has 0 aliphatic rings. The molecular weight excluding hydrogens is 290 g/mol. The van der Waals surface area contributed by atoms with E-state index in [4.69, 9.17) is 10.2 Å². The Balaban J connectivity index is 4.28. The van der Waals surface area contributed by atoms with Gasteiger partial charge in [0, 0.05) is 30.7 Å². The van der Waals surface area contributed by atoms with Crippen molar-refractivity contribution in [1.82, 2.24) is 14.7 Å². The maximum atomic E-state index is 9.12. The Morgan fingerprint density at radius 1 is 0.652 bits per heavy atom. The molecule has 0 aromatic carbocycles. The molecule has 5 heteroatoms. The van der Waals surface area contributed by atoms with Crippen LogP contribution in [-0.2, 0) is 0 Å². The SMILES string of the molecule is CN(CCO)CCCC(C)(C)N(C)CCC(C)(C)N(C)CCO. The fourth-order valence-corrected chi connectivity index (χ4v) is 2.64. The van der Waals surface area contributed by atoms with Crippen LogP contribution in [0.2, 0.25) is 0 Å². The third-order valence-electron chi connectivity index (χ3n) is 5.37. The van der Waals surface area contributed by atoms with Gasteiger partial charge < -0.3 is 20.0 Å². The van der Waals surface area contributed by atoms with E-state index in [0.29, 0.717) is 0 Å². The number of rotatable bonds is 13. The molecule has 0 fully saturated rings. The summed E-state index contributed by atoms with van der Waals surface area (Å²) in [6.45, 7) is 13.1. The summed E-state index contributed by atoms with van der Waals surface area (Å²) in [7, 11) is 6.35. The van der Waals surface area contributed by atoms with Crippen molar-refractivity contribution in [3.05, 3.63) is 0 Å². The predicted molar refractivity (Wildman–Crippen MR) is 98.9 cm³/mol. The van der Waals surface area contributed by atoms with Crippen LogP contribution in [0.3, 0.4) is 0 Å². The zero-order valence-electron chi connectivity index (χ0n) is 16.6. The minimum atomic E-state index is 0.0917. The van der Waals surface area contributed by atoms with E-state index in [1.165, 1.54) is 0 Å². The molecule has 0 rings (SSSR count). The molecule has 5 nitrogen and oxygen atoms in total. The molecule has 0 unspecified atom stereocenters. The topological polar surface area (TPSA) is 50.2 Å². The van der Waals surface area contributed by atoms with E-state index in [-0.39, 0.29) is 24.3 Å². The van der Waals surface area contributed by atoms with Crippen LogP contribution in [0.1, 0.15) is 47.0 Å². The highest BCUT2D eigenvalue weighted by atomic mass is 16.3. The third kappa shape index (κ3) is 9.01. The first-order chi connectivity index (χ1) is 10.6. The molecule has 0 aliphatic carbocycles. The first kappa shape index (κ1) is 22.8. The highest BCUT2D eigenvalue weighted by Crippen LogP contribution is 2.23. The molecule has 0 spiro atoms. The van der Waals surface area contributed by atoms with E-state index in [0.717, 1.165) is 45.4 Å². The van der Waals surface area contributed by atoms with Crippen molar-refractivity contribution in [3.63, 3.8) is 0 Å². The minimum absolute atomic E-state index is 0.0917. The molecule has 140 valence electrons. The van der Waals surface area contributed by atoms with Crippen molar-refractivity contribution in [2.75, 3.05) is 60.5 Å². The molecule has 23 heavy (non-hydrogen) atoms. The van der Waals surface area contributed by atoms with Crippen LogP contribution < -0.4 is 0 Å². The standard InChI is InChI=1S/C18H41N3O2/c1-17(2,9-8-11-19(5)13-15-22)20(6)12-10-18(3,4)21(7)14-16-23/h22-23H,8-16H2,1-7H3. The van der Waals surface area contributed by atoms with Gasteiger partial charge in [0.25, 0.3) is 0 Å². The van der Waals surface area contributed by atoms with Crippen molar-refractivity contribution < 1.29 is 10.2 Å². The molecule has 0 atom stereocenters. The van der Waals surface area contributed by atoms with Crippen molar-refractivity contribution in [1.29, 1.82) is 0 Å². The minimum Gasteiger partial charge on any atom is -0.395 e. The number of hydrogen-bond acceptors (Lipinski definition) is 5. The summed E-state index contributed by atoms with van der Waals surface area (Å²) in [5.41, 5.74) is 0.264. The van der Waals surface area contributed by atoms with Gasteiger partial charge in [0.05, 0.1) is 13.2 Å². The van der Waals surface area contributed by atoms with Crippen LogP contribution in [0.4, 0.5) is 0 Å². The summed E-state index contributed by atoms with van der Waals surface area (Å²) in [5, 5.41) is 18.1. The Bertz CT molecular complexity index is 309. The van der Waals surface area contributed by atoms with E-state index in [1.54, 1.807) is 0 Å². The molecule has 0 heterocycles. The number of likely N-dealkylation sites (N-methyl/N-ethyl adjacent to an activating group) is 2. The van der Waals surface area contributed by atoms with Gasteiger partial charge in [-0.3, -0.25) is 4.90 Å². The first-order valence-corrected chi connectivity index (χ1v) is 8.89. The van der Waals surface area contributed by atoms with Gasteiger partial charge in [-0.05, 0) is 74.6 Å². The van der Waals surface area contributed by atoms with E-state index in [9.17, 15) is 0 Å². The molecule has 0 aliphatic heterocycles. The monoisotopic (exact) mass is 331 g/mol. The number of nitrogens with zero attached hydrogens (tertiary/aromatic N) is 3. The lowest BCUT2D eigenvalue weighted by Gasteiger charge is -2.41. The van der Waals surface area contributed by atoms with Gasteiger partial charge in [0.2, 0.25) is 0 Å². The van der Waals surface area contributed by atoms with Crippen LogP contribution in [-0.4, -0.2) is 96.5 Å². The molecule has 2 N–H and O–H groups in total. The highest BCUT2D eigenvalue weighted by Gasteiger charge is 2.27. The second kappa shape index (κ2) is 10.6. The van der Waals surface area contributed by atoms with Crippen LogP contribution >= 0.6 is 0 Å². The summed E-state index contributed by atoms with van der Waals surface area (Å²) < 4.78 is 0. The second-order valence-corrected chi connectivity index (χ2v) is 8.07. The van der Waals surface area contributed by atoms with Crippen molar-refractivity contribution >= 4 is 0 Å². The Kier molecular flexibility index (Phi) is 10.5. The lowest BCUT2D eigenvalue weighted by Crippen LogP contribution is -2.48. The molecule has 0 bridgehead atoms. The van der Waals surface area contributed by atoms with Crippen molar-refractivity contribution in [3.8, 4) is 0 Å². The maximum absolute atomic E-state index is 9.12. The van der Waals surface area contributed by atoms with E-state index >= 15 is 0 Å². The van der Waals surface area contributed by atoms with Gasteiger partial charge in [-0.25, -0.2) is 0 Å². The summed E-state index contributed by atoms with van der Waals surface area (Å²) in [6, 6.07) is 0. The Morgan fingerprint density at radius 3 is 1.65 bits per heavy atom. The Morgan fingerprint density at radius 2 is 1.13 bits per heavy atom. The molecule has 0 aromatic heterocycles. The fourth-order valence-electron chi connectivity index (χ4n) is 2.64. The molecular formula is C18H41N3O2. The fraction of sp³-hybridized carbons (Fsp3) is 1.00. The van der Waals surface area contributed by atoms with Crippen LogP contribution in [0.5, 0.6) is 0 Å². The van der Waals surface area contributed by atoms with Gasteiger partial charge in [0.1, 0.15) is 0 Å². The van der Waals surface area contributed by atoms with Gasteiger partial charge in [0.15, 0.2) is 0 Å². The average Bonchev–Trinajstić information content (AvgIpc) is 2.45. The highest BCUT2D eigenvalue weighted by molar-refractivity contribution is 4.84. The van der Waals surface area contributed by atoms with E-state index in [1.807, 2.05) is 0 Å². The smallest absolute Gasteiger partial charge is 0.0558 e. The second-order valence-electron chi connectivity index (χ2n) is 8.07. The van der Waals surface area contributed by atoms with E-state index in [2.05, 4.69) is 63.5 Å². The number of β-amino-alcohol motifs (C(OH)–C–C–N with tert-alkyl or cyclic N) is 1. The zero-order valence-corrected chi connectivity index (χ0v) is 16.6. The van der Waals surface area contributed by atoms with Crippen molar-refractivity contribution in [2.24, 2.45) is 0 Å². The van der Waals surface area contributed by atoms with Crippen molar-refractivity contribution in [2.45, 2.75) is 58.0 Å². The van der Waals surface area contributed by atoms with Crippen LogP contribution in [0.25, 0.3) is 0 Å². The molecule has 0 saturated heterocycles. The molecule has 0 aromatic rings. The average molecular weight is 332 g/mol. The van der Waals surface area contributed by atoms with E-state index < -0.39 is 0 Å². The maximum Gasteiger partial charge on any atom is 0.0558 e. The summed E-state index contributed by atoms with van der Waals surface area (Å²) in [4.78, 5) is 6.87. The van der Waals surface area contributed by atoms with Crippen LogP contribution in [0.15, 0.2) is 0 Å². The third-order valence-corrected chi connectivity index (χ3v) is 5.37. The summed E-state index contributed by atoms with van der Waals surface area (Å²) in [6.07, 6.45) is 3.36. The quantitative estimate of drug-likeness (QED) is 0.536. The predicted octanol–water partition coefficient (Wildman–Crippen LogP) is 1.49. The van der Waals surface area contributed by atoms with Gasteiger partial charge in [-0.2, -0.15) is 0 Å². The number of hydrogen-bond donors (Lipinski definition) is 2. The van der Waals surface area contributed by atoms with Gasteiger partial charge in [-0.1, -0.05) is 0 Å². The Hall–Kier alpha value is -0.200. The summed E-state index contributed by atoms with van der Waals surface area (Å²) in [5.74, 6) is 0. The normalized spacial score (nSPS) is 13.6. The molecule has 0 amide bonds. The zero-order chi connectivity index (χ0) is 18.1. The number of aliphatic hydroxyl groups excluding tert-OH is 2. The van der Waals surface area contributed by atoms with Crippen LogP contribution in [0, 0.1) is 0 Å². The first-order valence-electron chi connectivity index (χ1n) is 8.89. The van der Waals surface area contributed by atoms with Gasteiger partial charge >= 0.3 is 0 Å².